The van der Waals surface area contributed by atoms with Gasteiger partial charge in [0.05, 0.1) is 13.2 Å². The van der Waals surface area contributed by atoms with Crippen LogP contribution in [0.1, 0.15) is 13.8 Å². The number of hydrogen-bond acceptors (Lipinski definition) is 2. The molecular formula is C5H12O2. The molecule has 1 heterocycles. The van der Waals surface area contributed by atoms with Gasteiger partial charge in [-0.3, -0.25) is 0 Å². The van der Waals surface area contributed by atoms with Crippen LogP contribution in [0.25, 0.3) is 0 Å². The summed E-state index contributed by atoms with van der Waals surface area (Å²) in [5.74, 6) is 0. The number of aliphatic hydroxyl groups is 1. The topological polar surface area (TPSA) is 32.8 Å². The lowest BCUT2D eigenvalue weighted by molar-refractivity contribution is 0.216. The van der Waals surface area contributed by atoms with E-state index in [-0.39, 0.29) is 6.10 Å². The Hall–Kier alpha value is -0.0800. The van der Waals surface area contributed by atoms with Gasteiger partial charge in [0.1, 0.15) is 0 Å². The molecule has 2 heteroatoms. The molecule has 1 fully saturated rings. The fraction of sp³-hybridized carbons (Fsp3) is 1.00. The van der Waals surface area contributed by atoms with Crippen molar-refractivity contribution in [2.75, 3.05) is 13.2 Å². The molecule has 0 aliphatic carbocycles. The number of hydrogen-bond donors (Lipinski definition) is 1. The Morgan fingerprint density at radius 1 is 1.43 bits per heavy atom. The van der Waals surface area contributed by atoms with Gasteiger partial charge in [0, 0.05) is 6.10 Å². The molecule has 1 rings (SSSR count). The number of epoxide rings is 1. The summed E-state index contributed by atoms with van der Waals surface area (Å²) in [6.45, 7) is 5.44. The zero-order valence-corrected chi connectivity index (χ0v) is 4.85. The van der Waals surface area contributed by atoms with E-state index in [2.05, 4.69) is 4.74 Å². The molecule has 1 aliphatic heterocycles. The van der Waals surface area contributed by atoms with Crippen molar-refractivity contribution >= 4 is 0 Å². The van der Waals surface area contributed by atoms with Crippen LogP contribution < -0.4 is 0 Å². The van der Waals surface area contributed by atoms with E-state index in [1.54, 1.807) is 13.8 Å². The molecule has 44 valence electrons. The minimum atomic E-state index is -0.167. The normalized spacial score (nSPS) is 15.4. The molecular weight excluding hydrogens is 92.1 g/mol. The van der Waals surface area contributed by atoms with Crippen LogP contribution in [0.15, 0.2) is 0 Å². The number of ether oxygens (including phenoxy) is 1. The lowest BCUT2D eigenvalue weighted by Gasteiger charge is -1.80. The van der Waals surface area contributed by atoms with Crippen molar-refractivity contribution in [1.82, 2.24) is 0 Å². The molecule has 1 aliphatic rings. The molecule has 2 nitrogen and oxygen atoms in total. The summed E-state index contributed by atoms with van der Waals surface area (Å²) in [5.41, 5.74) is 0. The summed E-state index contributed by atoms with van der Waals surface area (Å²) in [4.78, 5) is 0. The quantitative estimate of drug-likeness (QED) is 0.451. The van der Waals surface area contributed by atoms with Crippen molar-refractivity contribution < 1.29 is 9.84 Å². The van der Waals surface area contributed by atoms with E-state index in [0.717, 1.165) is 13.2 Å². The maximum absolute atomic E-state index is 8.06. The monoisotopic (exact) mass is 104 g/mol. The molecule has 7 heavy (non-hydrogen) atoms. The van der Waals surface area contributed by atoms with Crippen LogP contribution in [0, 0.1) is 0 Å². The molecule has 0 aromatic rings. The van der Waals surface area contributed by atoms with E-state index in [1.807, 2.05) is 0 Å². The standard InChI is InChI=1S/C3H8O.C2H4O/c1-3(2)4;1-2-3-1/h3-4H,1-2H3;1-2H2. The summed E-state index contributed by atoms with van der Waals surface area (Å²) in [6.07, 6.45) is -0.167. The van der Waals surface area contributed by atoms with E-state index in [9.17, 15) is 0 Å². The average Bonchev–Trinajstić information content (AvgIpc) is 2.02. The average molecular weight is 104 g/mol. The summed E-state index contributed by atoms with van der Waals surface area (Å²) < 4.78 is 4.50. The van der Waals surface area contributed by atoms with Gasteiger partial charge in [0.2, 0.25) is 0 Å². The molecule has 0 saturated carbocycles. The molecule has 0 aromatic carbocycles. The Morgan fingerprint density at radius 3 is 1.57 bits per heavy atom. The van der Waals surface area contributed by atoms with E-state index in [0.29, 0.717) is 0 Å². The second-order valence-corrected chi connectivity index (χ2v) is 1.71. The maximum Gasteiger partial charge on any atom is 0.0701 e. The van der Waals surface area contributed by atoms with Crippen LogP contribution in [-0.2, 0) is 4.74 Å². The molecule has 0 radical (unpaired) electrons. The summed E-state index contributed by atoms with van der Waals surface area (Å²) in [7, 11) is 0. The summed E-state index contributed by atoms with van der Waals surface area (Å²) in [6, 6.07) is 0. The largest absolute Gasteiger partial charge is 0.394 e. The van der Waals surface area contributed by atoms with Gasteiger partial charge in [0.25, 0.3) is 0 Å². The third-order valence-corrected chi connectivity index (χ3v) is 0.204. The lowest BCUT2D eigenvalue weighted by atomic mass is 10.5. The van der Waals surface area contributed by atoms with Crippen LogP contribution in [0.4, 0.5) is 0 Å². The van der Waals surface area contributed by atoms with Crippen molar-refractivity contribution in [2.45, 2.75) is 20.0 Å². The van der Waals surface area contributed by atoms with Crippen molar-refractivity contribution in [2.24, 2.45) is 0 Å². The van der Waals surface area contributed by atoms with Gasteiger partial charge in [-0.05, 0) is 13.8 Å². The van der Waals surface area contributed by atoms with Crippen LogP contribution in [-0.4, -0.2) is 24.4 Å². The van der Waals surface area contributed by atoms with Crippen molar-refractivity contribution in [3.8, 4) is 0 Å². The highest BCUT2D eigenvalue weighted by atomic mass is 16.6. The van der Waals surface area contributed by atoms with Gasteiger partial charge in [-0.15, -0.1) is 0 Å². The minimum Gasteiger partial charge on any atom is -0.394 e. The molecule has 1 N–H and O–H groups in total. The Morgan fingerprint density at radius 2 is 1.57 bits per heavy atom. The minimum absolute atomic E-state index is 0.167. The lowest BCUT2D eigenvalue weighted by Crippen LogP contribution is -1.85. The zero-order valence-electron chi connectivity index (χ0n) is 4.85. The van der Waals surface area contributed by atoms with Crippen molar-refractivity contribution in [3.63, 3.8) is 0 Å². The predicted molar refractivity (Wildman–Crippen MR) is 28.2 cm³/mol. The molecule has 0 unspecified atom stereocenters. The molecule has 0 bridgehead atoms. The first kappa shape index (κ1) is 6.92. The fourth-order valence-corrected chi connectivity index (χ4v) is 0. The Kier molecular flexibility index (Phi) is 4.04. The van der Waals surface area contributed by atoms with Crippen molar-refractivity contribution in [1.29, 1.82) is 0 Å². The van der Waals surface area contributed by atoms with Crippen LogP contribution in [0.5, 0.6) is 0 Å². The molecule has 0 aromatic heterocycles. The highest BCUT2D eigenvalue weighted by Crippen LogP contribution is 1.84. The number of aliphatic hydroxyl groups excluding tert-OH is 1. The molecule has 0 spiro atoms. The highest BCUT2D eigenvalue weighted by Gasteiger charge is 1.94. The molecule has 1 saturated heterocycles. The Labute approximate surface area is 44.1 Å². The molecule has 0 amide bonds. The summed E-state index contributed by atoms with van der Waals surface area (Å²) in [5, 5.41) is 8.06. The van der Waals surface area contributed by atoms with Crippen LogP contribution >= 0.6 is 0 Å². The van der Waals surface area contributed by atoms with Crippen molar-refractivity contribution in [3.05, 3.63) is 0 Å². The van der Waals surface area contributed by atoms with E-state index < -0.39 is 0 Å². The molecule has 0 atom stereocenters. The van der Waals surface area contributed by atoms with E-state index >= 15 is 0 Å². The van der Waals surface area contributed by atoms with E-state index in [1.165, 1.54) is 0 Å². The zero-order chi connectivity index (χ0) is 5.70. The van der Waals surface area contributed by atoms with Gasteiger partial charge >= 0.3 is 0 Å². The third kappa shape index (κ3) is 107. The Bertz CT molecular complexity index is 27.6. The second kappa shape index (κ2) is 4.09. The fourth-order valence-electron chi connectivity index (χ4n) is 0. The Balaban J connectivity index is 0.000000105. The van der Waals surface area contributed by atoms with Gasteiger partial charge in [0.15, 0.2) is 0 Å². The highest BCUT2D eigenvalue weighted by molar-refractivity contribution is 4.36. The van der Waals surface area contributed by atoms with Gasteiger partial charge < -0.3 is 9.84 Å². The first-order valence-corrected chi connectivity index (χ1v) is 2.49. The van der Waals surface area contributed by atoms with Gasteiger partial charge in [-0.25, -0.2) is 0 Å². The van der Waals surface area contributed by atoms with Crippen LogP contribution in [0.3, 0.4) is 0 Å². The predicted octanol–water partition coefficient (Wildman–Crippen LogP) is 0.404. The first-order chi connectivity index (χ1) is 3.23. The van der Waals surface area contributed by atoms with Crippen LogP contribution in [0.2, 0.25) is 0 Å². The smallest absolute Gasteiger partial charge is 0.0701 e. The van der Waals surface area contributed by atoms with Gasteiger partial charge in [-0.2, -0.15) is 0 Å². The summed E-state index contributed by atoms with van der Waals surface area (Å²) >= 11 is 0. The first-order valence-electron chi connectivity index (χ1n) is 2.49. The maximum atomic E-state index is 8.06. The van der Waals surface area contributed by atoms with Gasteiger partial charge in [-0.1, -0.05) is 0 Å². The second-order valence-electron chi connectivity index (χ2n) is 1.71. The number of rotatable bonds is 0. The SMILES string of the molecule is C1CO1.CC(C)O. The third-order valence-electron chi connectivity index (χ3n) is 0.204. The van der Waals surface area contributed by atoms with E-state index in [4.69, 9.17) is 5.11 Å².